The second kappa shape index (κ2) is 6.58. The van der Waals surface area contributed by atoms with Crippen LogP contribution < -0.4 is 0 Å². The summed E-state index contributed by atoms with van der Waals surface area (Å²) >= 11 is 7.80. The van der Waals surface area contributed by atoms with Crippen molar-refractivity contribution < 1.29 is 0 Å². The van der Waals surface area contributed by atoms with Crippen molar-refractivity contribution in [2.45, 2.75) is 17.8 Å². The summed E-state index contributed by atoms with van der Waals surface area (Å²) in [5, 5.41) is 1.70. The Morgan fingerprint density at radius 1 is 1.08 bits per heavy atom. The van der Waals surface area contributed by atoms with Crippen molar-refractivity contribution in [1.29, 1.82) is 0 Å². The molecule has 0 N–H and O–H groups in total. The molecule has 3 heterocycles. The van der Waals surface area contributed by atoms with Crippen molar-refractivity contribution in [3.05, 3.63) is 71.3 Å². The van der Waals surface area contributed by atoms with Gasteiger partial charge < -0.3 is 8.97 Å². The van der Waals surface area contributed by atoms with Crippen molar-refractivity contribution in [2.24, 2.45) is 7.05 Å². The van der Waals surface area contributed by atoms with Gasteiger partial charge in [-0.3, -0.25) is 0 Å². The van der Waals surface area contributed by atoms with Crippen molar-refractivity contribution in [3.8, 4) is 11.3 Å². The highest BCUT2D eigenvalue weighted by Gasteiger charge is 2.10. The lowest BCUT2D eigenvalue weighted by molar-refractivity contribution is 0.790. The van der Waals surface area contributed by atoms with Gasteiger partial charge in [0, 0.05) is 37.0 Å². The third kappa shape index (κ3) is 3.30. The first-order valence-electron chi connectivity index (χ1n) is 7.95. The van der Waals surface area contributed by atoms with Crippen LogP contribution in [0.3, 0.4) is 0 Å². The first-order chi connectivity index (χ1) is 12.1. The minimum absolute atomic E-state index is 0.721. The number of aromatic nitrogens is 4. The van der Waals surface area contributed by atoms with Gasteiger partial charge in [-0.2, -0.15) is 0 Å². The van der Waals surface area contributed by atoms with Crippen LogP contribution >= 0.6 is 23.4 Å². The van der Waals surface area contributed by atoms with Gasteiger partial charge in [-0.05, 0) is 18.6 Å². The molecule has 0 fully saturated rings. The molecule has 0 aliphatic rings. The number of hydrogen-bond donors (Lipinski definition) is 0. The van der Waals surface area contributed by atoms with E-state index in [1.165, 1.54) is 0 Å². The molecule has 0 radical (unpaired) electrons. The van der Waals surface area contributed by atoms with E-state index in [2.05, 4.69) is 22.9 Å². The molecule has 0 amide bonds. The molecule has 1 aromatic carbocycles. The number of benzene rings is 1. The van der Waals surface area contributed by atoms with Gasteiger partial charge in [-0.1, -0.05) is 53.7 Å². The largest absolute Gasteiger partial charge is 0.328 e. The van der Waals surface area contributed by atoms with E-state index in [0.717, 1.165) is 44.1 Å². The van der Waals surface area contributed by atoms with Crippen LogP contribution in [0.15, 0.2) is 60.1 Å². The first-order valence-corrected chi connectivity index (χ1v) is 9.32. The molecule has 0 unspecified atom stereocenters. The molecule has 0 saturated heterocycles. The minimum atomic E-state index is 0.721. The van der Waals surface area contributed by atoms with Crippen molar-refractivity contribution in [3.63, 3.8) is 0 Å². The lowest BCUT2D eigenvalue weighted by Crippen LogP contribution is -1.89. The number of hydrogen-bond acceptors (Lipinski definition) is 3. The second-order valence-electron chi connectivity index (χ2n) is 5.98. The van der Waals surface area contributed by atoms with Gasteiger partial charge in [0.15, 0.2) is 5.16 Å². The Morgan fingerprint density at radius 2 is 1.88 bits per heavy atom. The molecular weight excluding hydrogens is 352 g/mol. The Bertz CT molecular complexity index is 1040. The van der Waals surface area contributed by atoms with Gasteiger partial charge in [0.2, 0.25) is 0 Å². The highest BCUT2D eigenvalue weighted by Crippen LogP contribution is 2.26. The lowest BCUT2D eigenvalue weighted by atomic mass is 10.2. The monoisotopic (exact) mass is 368 g/mol. The number of thioether (sulfide) groups is 1. The third-order valence-electron chi connectivity index (χ3n) is 4.00. The third-order valence-corrected chi connectivity index (χ3v) is 5.29. The molecule has 0 spiro atoms. The Labute approximate surface area is 155 Å². The van der Waals surface area contributed by atoms with Gasteiger partial charge in [-0.15, -0.1) is 0 Å². The molecule has 0 saturated carbocycles. The van der Waals surface area contributed by atoms with Crippen LogP contribution in [0.25, 0.3) is 16.9 Å². The molecule has 0 aliphatic heterocycles. The smallest absolute Gasteiger partial charge is 0.168 e. The van der Waals surface area contributed by atoms with Crippen molar-refractivity contribution in [1.82, 2.24) is 18.9 Å². The van der Waals surface area contributed by atoms with E-state index in [1.54, 1.807) is 11.8 Å². The number of nitrogens with zero attached hydrogens (tertiary/aromatic N) is 4. The summed E-state index contributed by atoms with van der Waals surface area (Å²) in [6, 6.07) is 12.2. The van der Waals surface area contributed by atoms with Crippen LogP contribution in [0, 0.1) is 6.92 Å². The zero-order valence-corrected chi connectivity index (χ0v) is 15.6. The lowest BCUT2D eigenvalue weighted by Gasteiger charge is -1.98. The molecule has 4 aromatic rings. The van der Waals surface area contributed by atoms with Crippen molar-refractivity contribution >= 4 is 29.0 Å². The molecule has 25 heavy (non-hydrogen) atoms. The number of aryl methyl sites for hydroxylation is 2. The van der Waals surface area contributed by atoms with Gasteiger partial charge in [0.25, 0.3) is 0 Å². The Balaban J connectivity index is 1.56. The maximum Gasteiger partial charge on any atom is 0.168 e. The summed E-state index contributed by atoms with van der Waals surface area (Å²) in [4.78, 5) is 9.46. The average Bonchev–Trinajstić information content (AvgIpc) is 3.17. The fourth-order valence-corrected chi connectivity index (χ4v) is 3.92. The zero-order chi connectivity index (χ0) is 17.4. The fourth-order valence-electron chi connectivity index (χ4n) is 2.82. The van der Waals surface area contributed by atoms with Crippen LogP contribution in [0.5, 0.6) is 0 Å². The Morgan fingerprint density at radius 3 is 2.68 bits per heavy atom. The molecule has 0 atom stereocenters. The first kappa shape index (κ1) is 16.2. The summed E-state index contributed by atoms with van der Waals surface area (Å²) in [5.74, 6) is 0.762. The summed E-state index contributed by atoms with van der Waals surface area (Å²) in [7, 11) is 2.02. The maximum atomic E-state index is 6.12. The standard InChI is InChI=1S/C19H17ClN4S/c1-13-8-15(20)9-24-10-16(21-18(13)24)12-25-19-22-17(11-23(19)2)14-6-4-3-5-7-14/h3-11H,12H2,1-2H3. The molecule has 4 rings (SSSR count). The summed E-state index contributed by atoms with van der Waals surface area (Å²) in [6.45, 7) is 2.02. The molecule has 4 nitrogen and oxygen atoms in total. The van der Waals surface area contributed by atoms with E-state index in [-0.39, 0.29) is 0 Å². The van der Waals surface area contributed by atoms with Crippen molar-refractivity contribution in [2.75, 3.05) is 0 Å². The normalized spacial score (nSPS) is 11.3. The summed E-state index contributed by atoms with van der Waals surface area (Å²) < 4.78 is 4.05. The number of halogens is 1. The van der Waals surface area contributed by atoms with Crippen LogP contribution in [-0.4, -0.2) is 18.9 Å². The van der Waals surface area contributed by atoms with Gasteiger partial charge in [0.1, 0.15) is 5.65 Å². The molecule has 0 bridgehead atoms. The van der Waals surface area contributed by atoms with E-state index < -0.39 is 0 Å². The molecule has 3 aromatic heterocycles. The minimum Gasteiger partial charge on any atom is -0.328 e. The van der Waals surface area contributed by atoms with Gasteiger partial charge >= 0.3 is 0 Å². The van der Waals surface area contributed by atoms with E-state index in [4.69, 9.17) is 21.6 Å². The molecule has 126 valence electrons. The Kier molecular flexibility index (Phi) is 4.27. The van der Waals surface area contributed by atoms with E-state index >= 15 is 0 Å². The maximum absolute atomic E-state index is 6.12. The second-order valence-corrected chi connectivity index (χ2v) is 7.36. The number of fused-ring (bicyclic) bond motifs is 1. The van der Waals surface area contributed by atoms with Crippen LogP contribution in [0.4, 0.5) is 0 Å². The summed E-state index contributed by atoms with van der Waals surface area (Å²) in [5.41, 5.74) is 5.16. The molecular formula is C19H17ClN4S. The van der Waals surface area contributed by atoms with Crippen LogP contribution in [0.2, 0.25) is 5.02 Å². The molecule has 0 aliphatic carbocycles. The Hall–Kier alpha value is -2.24. The number of rotatable bonds is 4. The fraction of sp³-hybridized carbons (Fsp3) is 0.158. The average molecular weight is 369 g/mol. The van der Waals surface area contributed by atoms with Gasteiger partial charge in [-0.25, -0.2) is 9.97 Å². The quantitative estimate of drug-likeness (QED) is 0.476. The predicted octanol–water partition coefficient (Wildman–Crippen LogP) is 4.99. The van der Waals surface area contributed by atoms with Crippen LogP contribution in [0.1, 0.15) is 11.3 Å². The number of pyridine rings is 1. The van der Waals surface area contributed by atoms with E-state index in [1.807, 2.05) is 55.0 Å². The topological polar surface area (TPSA) is 35.1 Å². The zero-order valence-electron chi connectivity index (χ0n) is 14.0. The van der Waals surface area contributed by atoms with E-state index in [0.29, 0.717) is 0 Å². The summed E-state index contributed by atoms with van der Waals surface area (Å²) in [6.07, 6.45) is 5.98. The van der Waals surface area contributed by atoms with Crippen LogP contribution in [-0.2, 0) is 12.8 Å². The van der Waals surface area contributed by atoms with E-state index in [9.17, 15) is 0 Å². The number of imidazole rings is 2. The highest BCUT2D eigenvalue weighted by atomic mass is 35.5. The SMILES string of the molecule is Cc1cc(Cl)cn2cc(CSc3nc(-c4ccccc4)cn3C)nc12. The highest BCUT2D eigenvalue weighted by molar-refractivity contribution is 7.98. The van der Waals surface area contributed by atoms with Gasteiger partial charge in [0.05, 0.1) is 16.4 Å². The predicted molar refractivity (Wildman–Crippen MR) is 103 cm³/mol. The molecule has 6 heteroatoms.